The van der Waals surface area contributed by atoms with Crippen molar-refractivity contribution < 1.29 is 18.3 Å². The van der Waals surface area contributed by atoms with Crippen molar-refractivity contribution in [2.24, 2.45) is 0 Å². The molecule has 1 aromatic heterocycles. The van der Waals surface area contributed by atoms with Crippen LogP contribution in [0.3, 0.4) is 0 Å². The minimum absolute atomic E-state index is 0.0858. The van der Waals surface area contributed by atoms with Crippen LogP contribution in [-0.4, -0.2) is 37.5 Å². The summed E-state index contributed by atoms with van der Waals surface area (Å²) in [6.07, 6.45) is 3.22. The number of amides is 1. The number of phenols is 1. The predicted octanol–water partition coefficient (Wildman–Crippen LogP) is 3.68. The first-order valence-electron chi connectivity index (χ1n) is 11.1. The molecular weight excluding hydrogens is 450 g/mol. The molecule has 176 valence electrons. The molecule has 7 nitrogen and oxygen atoms in total. The Bertz CT molecular complexity index is 1350. The van der Waals surface area contributed by atoms with Gasteiger partial charge in [0.25, 0.3) is 0 Å². The van der Waals surface area contributed by atoms with Crippen molar-refractivity contribution in [1.29, 1.82) is 0 Å². The van der Waals surface area contributed by atoms with Crippen molar-refractivity contribution in [3.05, 3.63) is 96.2 Å². The molecule has 0 radical (unpaired) electrons. The van der Waals surface area contributed by atoms with E-state index >= 15 is 0 Å². The fourth-order valence-electron chi connectivity index (χ4n) is 4.08. The molecule has 4 N–H and O–H groups in total. The van der Waals surface area contributed by atoms with Gasteiger partial charge in [-0.1, -0.05) is 54.6 Å². The Hall–Kier alpha value is -3.62. The summed E-state index contributed by atoms with van der Waals surface area (Å²) in [4.78, 5) is 15.5. The van der Waals surface area contributed by atoms with Gasteiger partial charge in [-0.25, -0.2) is 13.1 Å². The van der Waals surface area contributed by atoms with E-state index in [0.717, 1.165) is 17.4 Å². The average Bonchev–Trinajstić information content (AvgIpc) is 3.35. The number of aromatic hydroxyl groups is 1. The Morgan fingerprint density at radius 3 is 2.38 bits per heavy atom. The largest absolute Gasteiger partial charge is 0.506 e. The van der Waals surface area contributed by atoms with Gasteiger partial charge in [-0.3, -0.25) is 4.79 Å². The van der Waals surface area contributed by atoms with Crippen LogP contribution in [0.15, 0.2) is 90.0 Å². The number of carbonyl (C=O) groups excluding carboxylic acids is 1. The molecule has 1 heterocycles. The molecule has 34 heavy (non-hydrogen) atoms. The van der Waals surface area contributed by atoms with Crippen molar-refractivity contribution in [3.8, 4) is 5.75 Å². The maximum atomic E-state index is 12.3. The molecule has 4 rings (SSSR count). The molecule has 0 saturated carbocycles. The van der Waals surface area contributed by atoms with Crippen molar-refractivity contribution >= 4 is 26.8 Å². The lowest BCUT2D eigenvalue weighted by atomic mass is 9.87. The van der Waals surface area contributed by atoms with E-state index in [1.165, 1.54) is 17.7 Å². The zero-order valence-corrected chi connectivity index (χ0v) is 19.4. The minimum Gasteiger partial charge on any atom is -0.506 e. The Morgan fingerprint density at radius 2 is 1.65 bits per heavy atom. The monoisotopic (exact) mass is 477 g/mol. The fraction of sp³-hybridized carbons (Fsp3) is 0.192. The van der Waals surface area contributed by atoms with Crippen LogP contribution in [0.1, 0.15) is 23.5 Å². The van der Waals surface area contributed by atoms with Crippen LogP contribution in [0.2, 0.25) is 0 Å². The first-order valence-corrected chi connectivity index (χ1v) is 12.6. The molecule has 1 unspecified atom stereocenters. The van der Waals surface area contributed by atoms with Gasteiger partial charge in [0.05, 0.1) is 17.0 Å². The van der Waals surface area contributed by atoms with Gasteiger partial charge in [-0.2, -0.15) is 0 Å². The SMILES string of the molecule is O=C(CNS(=O)(=O)c1ccccc1)NCCC(Cc1ccccc1)c1ccc(O)c2[nH]ccc12. The molecule has 8 heteroatoms. The summed E-state index contributed by atoms with van der Waals surface area (Å²) in [5.74, 6) is -0.112. The second-order valence-corrected chi connectivity index (χ2v) is 9.87. The highest BCUT2D eigenvalue weighted by molar-refractivity contribution is 7.89. The van der Waals surface area contributed by atoms with Crippen LogP contribution in [-0.2, 0) is 21.2 Å². The zero-order chi connectivity index (χ0) is 24.0. The van der Waals surface area contributed by atoms with E-state index in [1.807, 2.05) is 30.3 Å². The zero-order valence-electron chi connectivity index (χ0n) is 18.6. The lowest BCUT2D eigenvalue weighted by Crippen LogP contribution is -2.37. The highest BCUT2D eigenvalue weighted by Crippen LogP contribution is 2.34. The molecule has 0 aliphatic carbocycles. The number of H-pyrrole nitrogens is 1. The summed E-state index contributed by atoms with van der Waals surface area (Å²) in [5, 5.41) is 13.9. The van der Waals surface area contributed by atoms with Crippen LogP contribution in [0.4, 0.5) is 0 Å². The number of aromatic nitrogens is 1. The number of hydrogen-bond donors (Lipinski definition) is 4. The number of fused-ring (bicyclic) bond motifs is 1. The van der Waals surface area contributed by atoms with Gasteiger partial charge in [-0.15, -0.1) is 0 Å². The van der Waals surface area contributed by atoms with E-state index in [2.05, 4.69) is 27.2 Å². The van der Waals surface area contributed by atoms with Crippen LogP contribution >= 0.6 is 0 Å². The number of benzene rings is 3. The number of carbonyl (C=O) groups is 1. The molecule has 0 fully saturated rings. The van der Waals surface area contributed by atoms with Crippen LogP contribution < -0.4 is 10.0 Å². The van der Waals surface area contributed by atoms with Crippen molar-refractivity contribution in [3.63, 3.8) is 0 Å². The molecule has 0 bridgehead atoms. The van der Waals surface area contributed by atoms with Crippen LogP contribution in [0.25, 0.3) is 10.9 Å². The summed E-state index contributed by atoms with van der Waals surface area (Å²) in [6.45, 7) is 0.0536. The molecule has 1 amide bonds. The third-order valence-electron chi connectivity index (χ3n) is 5.79. The highest BCUT2D eigenvalue weighted by atomic mass is 32.2. The van der Waals surface area contributed by atoms with E-state index in [1.54, 1.807) is 30.5 Å². The van der Waals surface area contributed by atoms with Gasteiger partial charge in [-0.05, 0) is 54.2 Å². The lowest BCUT2D eigenvalue weighted by molar-refractivity contribution is -0.119. The first-order chi connectivity index (χ1) is 16.4. The number of phenolic OH excluding ortho intramolecular Hbond substituents is 1. The normalized spacial score (nSPS) is 12.5. The number of nitrogens with one attached hydrogen (secondary N) is 3. The number of hydrogen-bond acceptors (Lipinski definition) is 4. The summed E-state index contributed by atoms with van der Waals surface area (Å²) < 4.78 is 27.0. The molecule has 0 spiro atoms. The second kappa shape index (κ2) is 10.5. The quantitative estimate of drug-likeness (QED) is 0.279. The van der Waals surface area contributed by atoms with Gasteiger partial charge in [0.15, 0.2) is 0 Å². The Morgan fingerprint density at radius 1 is 0.941 bits per heavy atom. The third kappa shape index (κ3) is 5.65. The first kappa shape index (κ1) is 23.5. The third-order valence-corrected chi connectivity index (χ3v) is 7.21. The van der Waals surface area contributed by atoms with Crippen LogP contribution in [0, 0.1) is 0 Å². The topological polar surface area (TPSA) is 111 Å². The Labute approximate surface area is 198 Å². The summed E-state index contributed by atoms with van der Waals surface area (Å²) in [7, 11) is -3.74. The van der Waals surface area contributed by atoms with Gasteiger partial charge >= 0.3 is 0 Å². The maximum Gasteiger partial charge on any atom is 0.241 e. The second-order valence-electron chi connectivity index (χ2n) is 8.10. The molecule has 4 aromatic rings. The van der Waals surface area contributed by atoms with Gasteiger partial charge in [0, 0.05) is 18.1 Å². The molecule has 0 aliphatic heterocycles. The average molecular weight is 478 g/mol. The van der Waals surface area contributed by atoms with Crippen molar-refractivity contribution in [2.75, 3.05) is 13.1 Å². The van der Waals surface area contributed by atoms with Crippen molar-refractivity contribution in [2.45, 2.75) is 23.7 Å². The maximum absolute atomic E-state index is 12.3. The highest BCUT2D eigenvalue weighted by Gasteiger charge is 2.19. The molecule has 0 saturated heterocycles. The Balaban J connectivity index is 1.41. The van der Waals surface area contributed by atoms with Gasteiger partial charge in [0.1, 0.15) is 5.75 Å². The minimum atomic E-state index is -3.74. The van der Waals surface area contributed by atoms with E-state index in [4.69, 9.17) is 0 Å². The summed E-state index contributed by atoms with van der Waals surface area (Å²) in [6, 6.07) is 23.6. The smallest absolute Gasteiger partial charge is 0.241 e. The number of rotatable bonds is 10. The number of aromatic amines is 1. The Kier molecular flexibility index (Phi) is 7.30. The molecular formula is C26H27N3O4S. The predicted molar refractivity (Wildman–Crippen MR) is 132 cm³/mol. The summed E-state index contributed by atoms with van der Waals surface area (Å²) >= 11 is 0. The van der Waals surface area contributed by atoms with Crippen LogP contribution in [0.5, 0.6) is 5.75 Å². The van der Waals surface area contributed by atoms with E-state index in [-0.39, 0.29) is 23.1 Å². The number of sulfonamides is 1. The molecule has 1 atom stereocenters. The van der Waals surface area contributed by atoms with Gasteiger partial charge in [0.2, 0.25) is 15.9 Å². The fourth-order valence-corrected chi connectivity index (χ4v) is 5.08. The van der Waals surface area contributed by atoms with Crippen molar-refractivity contribution in [1.82, 2.24) is 15.0 Å². The van der Waals surface area contributed by atoms with E-state index < -0.39 is 15.9 Å². The van der Waals surface area contributed by atoms with Gasteiger partial charge < -0.3 is 15.4 Å². The standard InChI is InChI=1S/C26H27N3O4S/c30-24-12-11-22(23-14-16-28-26(23)24)20(17-19-7-3-1-4-8-19)13-15-27-25(31)18-29-34(32,33)21-9-5-2-6-10-21/h1-12,14,16,20,28-30H,13,15,17-18H2,(H,27,31). The summed E-state index contributed by atoms with van der Waals surface area (Å²) in [5.41, 5.74) is 2.94. The van der Waals surface area contributed by atoms with E-state index in [0.29, 0.717) is 18.5 Å². The lowest BCUT2D eigenvalue weighted by Gasteiger charge is -2.19. The molecule has 3 aromatic carbocycles. The van der Waals surface area contributed by atoms with E-state index in [9.17, 15) is 18.3 Å². The molecule has 0 aliphatic rings.